The van der Waals surface area contributed by atoms with E-state index in [1.54, 1.807) is 0 Å². The summed E-state index contributed by atoms with van der Waals surface area (Å²) in [5, 5.41) is 13.7. The molecule has 1 aromatic rings. The average Bonchev–Trinajstić information content (AvgIpc) is 2.87. The van der Waals surface area contributed by atoms with Crippen molar-refractivity contribution in [1.29, 1.82) is 0 Å². The van der Waals surface area contributed by atoms with E-state index in [0.29, 0.717) is 13.0 Å². The second-order valence-electron chi connectivity index (χ2n) is 5.79. The van der Waals surface area contributed by atoms with Crippen LogP contribution in [0.25, 0.3) is 0 Å². The minimum atomic E-state index is 0. The molecule has 0 unspecified atom stereocenters. The number of hydrogen-bond acceptors (Lipinski definition) is 3. The van der Waals surface area contributed by atoms with Crippen molar-refractivity contribution in [1.82, 2.24) is 25.7 Å². The van der Waals surface area contributed by atoms with Gasteiger partial charge in [0, 0.05) is 44.8 Å². The molecule has 0 atom stereocenters. The van der Waals surface area contributed by atoms with E-state index in [1.165, 1.54) is 5.69 Å². The predicted octanol–water partition coefficient (Wildman–Crippen LogP) is 1.98. The van der Waals surface area contributed by atoms with E-state index in [4.69, 9.17) is 0 Å². The second kappa shape index (κ2) is 13.9. The standard InChI is InChI=1S/C17H32N6O.HI/c1-5-9-19-16(24)8-11-21-17(18-6-2)20-10-7-12-23-15(4)13-14(3)22-23;/h13H,5-12H2,1-4H3,(H,19,24)(H2,18,20,21);1H. The number of nitrogens with zero attached hydrogens (tertiary/aromatic N) is 3. The van der Waals surface area contributed by atoms with Crippen molar-refractivity contribution in [2.24, 2.45) is 4.99 Å². The highest BCUT2D eigenvalue weighted by Crippen LogP contribution is 2.02. The fourth-order valence-electron chi connectivity index (χ4n) is 2.30. The lowest BCUT2D eigenvalue weighted by Gasteiger charge is -2.11. The van der Waals surface area contributed by atoms with Crippen LogP contribution in [0.2, 0.25) is 0 Å². The van der Waals surface area contributed by atoms with Gasteiger partial charge in [-0.1, -0.05) is 6.92 Å². The number of carbonyl (C=O) groups is 1. The minimum absolute atomic E-state index is 0. The van der Waals surface area contributed by atoms with Crippen LogP contribution in [0.1, 0.15) is 44.5 Å². The van der Waals surface area contributed by atoms with Crippen LogP contribution < -0.4 is 16.0 Å². The molecule has 144 valence electrons. The van der Waals surface area contributed by atoms with Gasteiger partial charge in [-0.25, -0.2) is 0 Å². The average molecular weight is 464 g/mol. The fraction of sp³-hybridized carbons (Fsp3) is 0.706. The van der Waals surface area contributed by atoms with Crippen molar-refractivity contribution >= 4 is 35.8 Å². The molecule has 0 fully saturated rings. The third-order valence-electron chi connectivity index (χ3n) is 3.46. The first kappa shape index (κ1) is 23.7. The van der Waals surface area contributed by atoms with Gasteiger partial charge in [0.05, 0.1) is 5.69 Å². The molecule has 1 amide bonds. The van der Waals surface area contributed by atoms with Crippen LogP contribution in [0.3, 0.4) is 0 Å². The molecule has 0 bridgehead atoms. The molecule has 1 heterocycles. The molecular weight excluding hydrogens is 431 g/mol. The highest BCUT2D eigenvalue weighted by atomic mass is 127. The van der Waals surface area contributed by atoms with Gasteiger partial charge in [0.15, 0.2) is 5.96 Å². The maximum atomic E-state index is 11.6. The first-order valence-electron chi connectivity index (χ1n) is 8.86. The third kappa shape index (κ3) is 10.3. The molecule has 8 heteroatoms. The van der Waals surface area contributed by atoms with Gasteiger partial charge in [-0.3, -0.25) is 14.5 Å². The second-order valence-corrected chi connectivity index (χ2v) is 5.79. The van der Waals surface area contributed by atoms with Crippen LogP contribution in [-0.2, 0) is 11.3 Å². The predicted molar refractivity (Wildman–Crippen MR) is 114 cm³/mol. The smallest absolute Gasteiger partial charge is 0.221 e. The fourth-order valence-corrected chi connectivity index (χ4v) is 2.30. The lowest BCUT2D eigenvalue weighted by molar-refractivity contribution is -0.120. The summed E-state index contributed by atoms with van der Waals surface area (Å²) in [5.74, 6) is 0.832. The Kier molecular flexibility index (Phi) is 13.2. The lowest BCUT2D eigenvalue weighted by Crippen LogP contribution is -2.39. The van der Waals surface area contributed by atoms with E-state index in [2.05, 4.69) is 39.0 Å². The number of halogens is 1. The molecule has 0 radical (unpaired) electrons. The van der Waals surface area contributed by atoms with Crippen LogP contribution in [-0.4, -0.2) is 47.8 Å². The number of amides is 1. The highest BCUT2D eigenvalue weighted by Gasteiger charge is 2.02. The molecule has 7 nitrogen and oxygen atoms in total. The molecule has 3 N–H and O–H groups in total. The molecule has 0 saturated heterocycles. The summed E-state index contributed by atoms with van der Waals surface area (Å²) in [4.78, 5) is 16.1. The number of guanidine groups is 1. The number of carbonyl (C=O) groups excluding carboxylic acids is 1. The van der Waals surface area contributed by atoms with E-state index < -0.39 is 0 Å². The largest absolute Gasteiger partial charge is 0.357 e. The number of rotatable bonds is 10. The van der Waals surface area contributed by atoms with Gasteiger partial charge in [-0.05, 0) is 39.7 Å². The van der Waals surface area contributed by atoms with E-state index in [0.717, 1.165) is 50.7 Å². The Morgan fingerprint density at radius 3 is 2.56 bits per heavy atom. The Morgan fingerprint density at radius 2 is 1.96 bits per heavy atom. The summed E-state index contributed by atoms with van der Waals surface area (Å²) in [7, 11) is 0. The molecule has 1 aromatic heterocycles. The molecule has 0 aliphatic heterocycles. The molecular formula is C17H33IN6O. The van der Waals surface area contributed by atoms with Crippen LogP contribution in [0, 0.1) is 13.8 Å². The Bertz CT molecular complexity index is 529. The first-order valence-corrected chi connectivity index (χ1v) is 8.86. The van der Waals surface area contributed by atoms with Gasteiger partial charge in [-0.2, -0.15) is 5.10 Å². The van der Waals surface area contributed by atoms with Crippen LogP contribution in [0.5, 0.6) is 0 Å². The monoisotopic (exact) mass is 464 g/mol. The molecule has 0 aromatic carbocycles. The number of aryl methyl sites for hydroxylation is 3. The lowest BCUT2D eigenvalue weighted by atomic mass is 10.3. The van der Waals surface area contributed by atoms with Crippen LogP contribution >= 0.6 is 24.0 Å². The van der Waals surface area contributed by atoms with Crippen LogP contribution in [0.4, 0.5) is 0 Å². The summed E-state index contributed by atoms with van der Waals surface area (Å²) in [5.41, 5.74) is 2.23. The molecule has 0 spiro atoms. The number of aromatic nitrogens is 2. The van der Waals surface area contributed by atoms with Crippen molar-refractivity contribution in [3.05, 3.63) is 17.5 Å². The summed E-state index contributed by atoms with van der Waals surface area (Å²) >= 11 is 0. The Labute approximate surface area is 168 Å². The number of aliphatic imine (C=N–C) groups is 1. The van der Waals surface area contributed by atoms with Gasteiger partial charge in [-0.15, -0.1) is 24.0 Å². The van der Waals surface area contributed by atoms with E-state index in [9.17, 15) is 4.79 Å². The van der Waals surface area contributed by atoms with Gasteiger partial charge < -0.3 is 16.0 Å². The molecule has 0 aliphatic carbocycles. The van der Waals surface area contributed by atoms with Gasteiger partial charge >= 0.3 is 0 Å². The maximum absolute atomic E-state index is 11.6. The molecule has 1 rings (SSSR count). The third-order valence-corrected chi connectivity index (χ3v) is 3.46. The molecule has 0 aliphatic rings. The van der Waals surface area contributed by atoms with Gasteiger partial charge in [0.1, 0.15) is 0 Å². The SMILES string of the molecule is CCCNC(=O)CCNC(=NCCCn1nc(C)cc1C)NCC.I. The summed E-state index contributed by atoms with van der Waals surface area (Å²) in [6, 6.07) is 2.08. The zero-order chi connectivity index (χ0) is 17.8. The van der Waals surface area contributed by atoms with Gasteiger partial charge in [0.2, 0.25) is 5.91 Å². The summed E-state index contributed by atoms with van der Waals surface area (Å²) in [6.45, 7) is 11.8. The van der Waals surface area contributed by atoms with Crippen LogP contribution in [0.15, 0.2) is 11.1 Å². The summed E-state index contributed by atoms with van der Waals surface area (Å²) < 4.78 is 2.02. The Hall–Kier alpha value is -1.32. The Balaban J connectivity index is 0.00000576. The van der Waals surface area contributed by atoms with Crippen molar-refractivity contribution in [2.75, 3.05) is 26.2 Å². The van der Waals surface area contributed by atoms with E-state index >= 15 is 0 Å². The molecule has 0 saturated carbocycles. The maximum Gasteiger partial charge on any atom is 0.221 e. The first-order chi connectivity index (χ1) is 11.6. The zero-order valence-corrected chi connectivity index (χ0v) is 18.2. The zero-order valence-electron chi connectivity index (χ0n) is 15.9. The molecule has 25 heavy (non-hydrogen) atoms. The van der Waals surface area contributed by atoms with Gasteiger partial charge in [0.25, 0.3) is 0 Å². The normalized spacial score (nSPS) is 11.0. The Morgan fingerprint density at radius 1 is 1.20 bits per heavy atom. The number of nitrogens with one attached hydrogen (secondary N) is 3. The van der Waals surface area contributed by atoms with E-state index in [-0.39, 0.29) is 29.9 Å². The van der Waals surface area contributed by atoms with Crippen molar-refractivity contribution in [3.8, 4) is 0 Å². The summed E-state index contributed by atoms with van der Waals surface area (Å²) in [6.07, 6.45) is 2.34. The minimum Gasteiger partial charge on any atom is -0.357 e. The van der Waals surface area contributed by atoms with Crippen molar-refractivity contribution in [2.45, 2.75) is 53.5 Å². The highest BCUT2D eigenvalue weighted by molar-refractivity contribution is 14.0. The number of hydrogen-bond donors (Lipinski definition) is 3. The van der Waals surface area contributed by atoms with Crippen molar-refractivity contribution < 1.29 is 4.79 Å². The quantitative estimate of drug-likeness (QED) is 0.214. The topological polar surface area (TPSA) is 83.3 Å². The van der Waals surface area contributed by atoms with E-state index in [1.807, 2.05) is 25.5 Å². The van der Waals surface area contributed by atoms with Crippen molar-refractivity contribution in [3.63, 3.8) is 0 Å².